The molecule has 0 atom stereocenters. The van der Waals surface area contributed by atoms with Crippen molar-refractivity contribution in [1.82, 2.24) is 4.98 Å². The normalized spacial score (nSPS) is 17.0. The van der Waals surface area contributed by atoms with E-state index in [2.05, 4.69) is 11.1 Å². The van der Waals surface area contributed by atoms with Gasteiger partial charge in [-0.25, -0.2) is 0 Å². The Kier molecular flexibility index (Phi) is 2.28. The smallest absolute Gasteiger partial charge is 0.0703 e. The van der Waals surface area contributed by atoms with E-state index in [1.54, 1.807) is 0 Å². The largest absolute Gasteiger partial charge is 0.399 e. The van der Waals surface area contributed by atoms with Gasteiger partial charge in [0.2, 0.25) is 0 Å². The molecule has 1 aromatic carbocycles. The van der Waals surface area contributed by atoms with Crippen LogP contribution in [-0.4, -0.2) is 4.98 Å². The zero-order valence-corrected chi connectivity index (χ0v) is 9.32. The van der Waals surface area contributed by atoms with E-state index < -0.39 is 0 Å². The molecular weight excluding hydrogens is 196 g/mol. The minimum absolute atomic E-state index is 0.721. The second kappa shape index (κ2) is 3.78. The van der Waals surface area contributed by atoms with E-state index in [1.165, 1.54) is 36.6 Å². The van der Waals surface area contributed by atoms with Crippen LogP contribution in [0.1, 0.15) is 37.2 Å². The van der Waals surface area contributed by atoms with Gasteiger partial charge in [-0.1, -0.05) is 12.8 Å². The van der Waals surface area contributed by atoms with Crippen LogP contribution in [0.5, 0.6) is 0 Å². The Morgan fingerprint density at radius 3 is 2.75 bits per heavy atom. The van der Waals surface area contributed by atoms with E-state index in [4.69, 9.17) is 5.73 Å². The molecule has 2 aromatic rings. The molecule has 0 spiro atoms. The number of aromatic nitrogens is 1. The zero-order valence-electron chi connectivity index (χ0n) is 9.32. The van der Waals surface area contributed by atoms with Gasteiger partial charge in [0.25, 0.3) is 0 Å². The Morgan fingerprint density at radius 2 is 1.94 bits per heavy atom. The van der Waals surface area contributed by atoms with E-state index in [0.717, 1.165) is 17.1 Å². The molecule has 3 rings (SSSR count). The quantitative estimate of drug-likeness (QED) is 0.735. The van der Waals surface area contributed by atoms with Crippen molar-refractivity contribution in [3.05, 3.63) is 36.0 Å². The summed E-state index contributed by atoms with van der Waals surface area (Å²) in [4.78, 5) is 4.51. The molecule has 16 heavy (non-hydrogen) atoms. The molecule has 0 unspecified atom stereocenters. The Morgan fingerprint density at radius 1 is 1.12 bits per heavy atom. The first-order chi connectivity index (χ1) is 7.83. The first kappa shape index (κ1) is 9.64. The number of hydrogen-bond donors (Lipinski definition) is 1. The molecule has 0 radical (unpaired) electrons. The second-order valence-electron chi connectivity index (χ2n) is 4.70. The lowest BCUT2D eigenvalue weighted by molar-refractivity contribution is 0.721. The van der Waals surface area contributed by atoms with Crippen LogP contribution in [0.3, 0.4) is 0 Å². The van der Waals surface area contributed by atoms with Crippen LogP contribution in [0.25, 0.3) is 10.9 Å². The minimum atomic E-state index is 0.721. The number of pyridine rings is 1. The Hall–Kier alpha value is -1.57. The molecule has 0 amide bonds. The number of anilines is 1. The van der Waals surface area contributed by atoms with Crippen molar-refractivity contribution in [2.75, 3.05) is 5.73 Å². The maximum atomic E-state index is 5.80. The highest BCUT2D eigenvalue weighted by atomic mass is 14.7. The SMILES string of the molecule is Nc1ccc2ncc(C3CCCC3)cc2c1. The monoisotopic (exact) mass is 212 g/mol. The van der Waals surface area contributed by atoms with Gasteiger partial charge in [-0.15, -0.1) is 0 Å². The molecule has 2 N–H and O–H groups in total. The Bertz CT molecular complexity index is 513. The minimum Gasteiger partial charge on any atom is -0.399 e. The van der Waals surface area contributed by atoms with Crippen LogP contribution < -0.4 is 5.73 Å². The van der Waals surface area contributed by atoms with Gasteiger partial charge in [-0.05, 0) is 48.6 Å². The molecule has 82 valence electrons. The Balaban J connectivity index is 2.07. The van der Waals surface area contributed by atoms with Crippen molar-refractivity contribution in [2.45, 2.75) is 31.6 Å². The van der Waals surface area contributed by atoms with Gasteiger partial charge < -0.3 is 5.73 Å². The fourth-order valence-electron chi connectivity index (χ4n) is 2.65. The Labute approximate surface area is 95.5 Å². The van der Waals surface area contributed by atoms with Crippen LogP contribution in [0.15, 0.2) is 30.5 Å². The number of nitrogen functional groups attached to an aromatic ring is 1. The first-order valence-electron chi connectivity index (χ1n) is 5.98. The summed E-state index contributed by atoms with van der Waals surface area (Å²) in [6, 6.07) is 8.17. The average molecular weight is 212 g/mol. The molecule has 1 fully saturated rings. The standard InChI is InChI=1S/C14H16N2/c15-13-5-6-14-11(8-13)7-12(9-16-14)10-3-1-2-4-10/h5-10H,1-4,15H2. The van der Waals surface area contributed by atoms with E-state index in [-0.39, 0.29) is 0 Å². The van der Waals surface area contributed by atoms with Crippen LogP contribution in [-0.2, 0) is 0 Å². The summed E-state index contributed by atoms with van der Waals surface area (Å²) in [5.41, 5.74) is 9.04. The fraction of sp³-hybridized carbons (Fsp3) is 0.357. The van der Waals surface area contributed by atoms with E-state index in [1.807, 2.05) is 24.4 Å². The zero-order chi connectivity index (χ0) is 11.0. The second-order valence-corrected chi connectivity index (χ2v) is 4.70. The summed E-state index contributed by atoms with van der Waals surface area (Å²) in [5.74, 6) is 0.721. The van der Waals surface area contributed by atoms with Gasteiger partial charge in [0, 0.05) is 17.3 Å². The number of rotatable bonds is 1. The molecule has 0 saturated heterocycles. The molecule has 0 aliphatic heterocycles. The number of nitrogens with two attached hydrogens (primary N) is 1. The number of fused-ring (bicyclic) bond motifs is 1. The van der Waals surface area contributed by atoms with Gasteiger partial charge in [-0.2, -0.15) is 0 Å². The fourth-order valence-corrected chi connectivity index (χ4v) is 2.65. The van der Waals surface area contributed by atoms with Crippen molar-refractivity contribution in [1.29, 1.82) is 0 Å². The lowest BCUT2D eigenvalue weighted by Gasteiger charge is -2.09. The van der Waals surface area contributed by atoms with Crippen molar-refractivity contribution in [3.63, 3.8) is 0 Å². The third-order valence-electron chi connectivity index (χ3n) is 3.55. The summed E-state index contributed by atoms with van der Waals surface area (Å²) in [6.45, 7) is 0. The predicted octanol–water partition coefficient (Wildman–Crippen LogP) is 3.47. The molecule has 2 nitrogen and oxygen atoms in total. The van der Waals surface area contributed by atoms with E-state index in [9.17, 15) is 0 Å². The van der Waals surface area contributed by atoms with Gasteiger partial charge in [0.15, 0.2) is 0 Å². The molecule has 1 saturated carbocycles. The van der Waals surface area contributed by atoms with Crippen molar-refractivity contribution in [2.24, 2.45) is 0 Å². The molecule has 1 heterocycles. The summed E-state index contributed by atoms with van der Waals surface area (Å²) in [5, 5.41) is 1.17. The van der Waals surface area contributed by atoms with E-state index >= 15 is 0 Å². The summed E-state index contributed by atoms with van der Waals surface area (Å²) in [6.07, 6.45) is 7.39. The highest BCUT2D eigenvalue weighted by Gasteiger charge is 2.17. The summed E-state index contributed by atoms with van der Waals surface area (Å²) >= 11 is 0. The highest BCUT2D eigenvalue weighted by molar-refractivity contribution is 5.82. The lowest BCUT2D eigenvalue weighted by Crippen LogP contribution is -1.94. The highest BCUT2D eigenvalue weighted by Crippen LogP contribution is 2.34. The average Bonchev–Trinajstić information content (AvgIpc) is 2.81. The van der Waals surface area contributed by atoms with Crippen LogP contribution in [0.4, 0.5) is 5.69 Å². The molecule has 1 aromatic heterocycles. The predicted molar refractivity (Wildman–Crippen MR) is 67.4 cm³/mol. The lowest BCUT2D eigenvalue weighted by atomic mass is 9.98. The molecule has 0 bridgehead atoms. The van der Waals surface area contributed by atoms with Crippen LogP contribution >= 0.6 is 0 Å². The third-order valence-corrected chi connectivity index (χ3v) is 3.55. The maximum absolute atomic E-state index is 5.80. The van der Waals surface area contributed by atoms with E-state index in [0.29, 0.717) is 0 Å². The number of nitrogens with zero attached hydrogens (tertiary/aromatic N) is 1. The first-order valence-corrected chi connectivity index (χ1v) is 5.98. The van der Waals surface area contributed by atoms with Gasteiger partial charge >= 0.3 is 0 Å². The van der Waals surface area contributed by atoms with Crippen molar-refractivity contribution >= 4 is 16.6 Å². The summed E-state index contributed by atoms with van der Waals surface area (Å²) in [7, 11) is 0. The maximum Gasteiger partial charge on any atom is 0.0703 e. The number of hydrogen-bond acceptors (Lipinski definition) is 2. The molecule has 2 heteroatoms. The topological polar surface area (TPSA) is 38.9 Å². The van der Waals surface area contributed by atoms with Crippen molar-refractivity contribution < 1.29 is 0 Å². The summed E-state index contributed by atoms with van der Waals surface area (Å²) < 4.78 is 0. The van der Waals surface area contributed by atoms with Gasteiger partial charge in [-0.3, -0.25) is 4.98 Å². The van der Waals surface area contributed by atoms with Crippen LogP contribution in [0, 0.1) is 0 Å². The van der Waals surface area contributed by atoms with Crippen molar-refractivity contribution in [3.8, 4) is 0 Å². The molecule has 1 aliphatic rings. The van der Waals surface area contributed by atoms with Gasteiger partial charge in [0.1, 0.15) is 0 Å². The van der Waals surface area contributed by atoms with Crippen LogP contribution in [0.2, 0.25) is 0 Å². The number of benzene rings is 1. The third kappa shape index (κ3) is 1.64. The van der Waals surface area contributed by atoms with Gasteiger partial charge in [0.05, 0.1) is 5.52 Å². The molecular formula is C14H16N2. The molecule has 1 aliphatic carbocycles.